The van der Waals surface area contributed by atoms with Crippen LogP contribution >= 0.6 is 0 Å². The molecule has 1 N–H and O–H groups in total. The number of hydrogen-bond acceptors (Lipinski definition) is 7. The van der Waals surface area contributed by atoms with Crippen LogP contribution in [0.4, 0.5) is 0 Å². The third kappa shape index (κ3) is 4.32. The van der Waals surface area contributed by atoms with E-state index in [1.807, 2.05) is 12.1 Å². The summed E-state index contributed by atoms with van der Waals surface area (Å²) in [6, 6.07) is 20.6. The maximum absolute atomic E-state index is 9.97. The first kappa shape index (κ1) is 18.6. The van der Waals surface area contributed by atoms with Crippen molar-refractivity contribution in [2.24, 2.45) is 0 Å². The minimum atomic E-state index is 0. The first-order valence-corrected chi connectivity index (χ1v) is 7.77. The number of aromatic hydroxyl groups is 1. The van der Waals surface area contributed by atoms with E-state index in [-0.39, 0.29) is 32.6 Å². The molecule has 27 heavy (non-hydrogen) atoms. The van der Waals surface area contributed by atoms with Crippen molar-refractivity contribution in [3.63, 3.8) is 0 Å². The van der Waals surface area contributed by atoms with Gasteiger partial charge in [-0.15, -0.1) is 28.9 Å². The molecule has 4 rings (SSSR count). The summed E-state index contributed by atoms with van der Waals surface area (Å²) >= 11 is 0. The average molecular weight is 537 g/mol. The van der Waals surface area contributed by atoms with Crippen molar-refractivity contribution in [3.05, 3.63) is 72.9 Å². The van der Waals surface area contributed by atoms with Gasteiger partial charge in [-0.1, -0.05) is 29.5 Å². The molecule has 0 amide bonds. The summed E-state index contributed by atoms with van der Waals surface area (Å²) < 4.78 is 5.68. The minimum Gasteiger partial charge on any atom is -0.507 e. The first-order chi connectivity index (χ1) is 12.8. The van der Waals surface area contributed by atoms with Crippen LogP contribution in [0.15, 0.2) is 66.9 Å². The molecule has 0 bridgehead atoms. The van der Waals surface area contributed by atoms with Crippen LogP contribution in [0.5, 0.6) is 17.4 Å². The van der Waals surface area contributed by atoms with Gasteiger partial charge in [0, 0.05) is 39.1 Å². The standard InChI is InChI=1S/C19H12N5O2.Pt/c25-16-9-2-1-8-15(16)19-21-18(22-24-23-19)13-6-5-7-14(12-13)26-17-10-3-4-11-20-17;/h1-11,25H;/q-1;. The van der Waals surface area contributed by atoms with Crippen molar-refractivity contribution < 1.29 is 30.9 Å². The number of phenols is 1. The molecule has 4 aromatic rings. The Morgan fingerprint density at radius 1 is 0.852 bits per heavy atom. The summed E-state index contributed by atoms with van der Waals surface area (Å²) in [5.74, 6) is 1.61. The number of pyridine rings is 1. The van der Waals surface area contributed by atoms with Gasteiger partial charge in [-0.05, 0) is 18.2 Å². The van der Waals surface area contributed by atoms with Crippen molar-refractivity contribution in [1.82, 2.24) is 25.4 Å². The van der Waals surface area contributed by atoms with Crippen LogP contribution in [-0.4, -0.2) is 30.5 Å². The molecule has 0 aliphatic heterocycles. The van der Waals surface area contributed by atoms with Crippen molar-refractivity contribution in [3.8, 4) is 40.2 Å². The molecule has 0 radical (unpaired) electrons. The predicted octanol–water partition coefficient (Wildman–Crippen LogP) is 3.29. The molecule has 7 nitrogen and oxygen atoms in total. The Labute approximate surface area is 169 Å². The summed E-state index contributed by atoms with van der Waals surface area (Å²) in [5.41, 5.74) is 1.06. The van der Waals surface area contributed by atoms with Gasteiger partial charge in [-0.2, -0.15) is 5.10 Å². The molecule has 0 spiro atoms. The first-order valence-electron chi connectivity index (χ1n) is 7.77. The van der Waals surface area contributed by atoms with Crippen molar-refractivity contribution >= 4 is 0 Å². The molecule has 2 aromatic carbocycles. The number of aromatic nitrogens is 5. The quantitative estimate of drug-likeness (QED) is 0.400. The van der Waals surface area contributed by atoms with E-state index in [1.54, 1.807) is 54.7 Å². The fraction of sp³-hybridized carbons (Fsp3) is 0. The van der Waals surface area contributed by atoms with E-state index in [9.17, 15) is 5.11 Å². The van der Waals surface area contributed by atoms with Gasteiger partial charge >= 0.3 is 0 Å². The molecule has 0 saturated carbocycles. The molecule has 136 valence electrons. The smallest absolute Gasteiger partial charge is 0.217 e. The van der Waals surface area contributed by atoms with Crippen LogP contribution in [0.3, 0.4) is 0 Å². The van der Waals surface area contributed by atoms with Crippen LogP contribution < -0.4 is 4.74 Å². The predicted molar refractivity (Wildman–Crippen MR) is 93.3 cm³/mol. The van der Waals surface area contributed by atoms with E-state index in [1.165, 1.54) is 0 Å². The molecule has 0 fully saturated rings. The second kappa shape index (κ2) is 8.47. The number of para-hydroxylation sites is 1. The number of rotatable bonds is 4. The number of benzene rings is 2. The van der Waals surface area contributed by atoms with E-state index in [4.69, 9.17) is 4.74 Å². The fourth-order valence-electron chi connectivity index (χ4n) is 2.30. The Hall–Kier alpha value is -3.18. The van der Waals surface area contributed by atoms with Crippen LogP contribution in [0, 0.1) is 6.07 Å². The van der Waals surface area contributed by atoms with Crippen molar-refractivity contribution in [1.29, 1.82) is 0 Å². The molecule has 0 unspecified atom stereocenters. The van der Waals surface area contributed by atoms with E-state index in [0.29, 0.717) is 28.6 Å². The average Bonchev–Trinajstić information content (AvgIpc) is 2.69. The monoisotopic (exact) mass is 537 g/mol. The third-order valence-corrected chi connectivity index (χ3v) is 3.50. The van der Waals surface area contributed by atoms with Gasteiger partial charge in [0.2, 0.25) is 5.88 Å². The minimum absolute atomic E-state index is 0. The Morgan fingerprint density at radius 3 is 2.48 bits per heavy atom. The summed E-state index contributed by atoms with van der Waals surface area (Å²) in [7, 11) is 0. The number of hydrogen-bond donors (Lipinski definition) is 1. The molecule has 0 atom stereocenters. The van der Waals surface area contributed by atoms with Gasteiger partial charge in [0.25, 0.3) is 0 Å². The second-order valence-corrected chi connectivity index (χ2v) is 5.26. The fourth-order valence-corrected chi connectivity index (χ4v) is 2.30. The third-order valence-electron chi connectivity index (χ3n) is 3.50. The van der Waals surface area contributed by atoms with Gasteiger partial charge in [-0.3, -0.25) is 4.98 Å². The largest absolute Gasteiger partial charge is 0.507 e. The Balaban J connectivity index is 0.00000210. The Kier molecular flexibility index (Phi) is 5.83. The molecule has 0 aliphatic carbocycles. The Bertz CT molecular complexity index is 1050. The number of ether oxygens (including phenoxy) is 1. The van der Waals surface area contributed by atoms with Gasteiger partial charge < -0.3 is 9.84 Å². The van der Waals surface area contributed by atoms with Crippen LogP contribution in [-0.2, 0) is 21.1 Å². The molecule has 2 aromatic heterocycles. The molecular formula is C19H12N5O2Pt-. The molecule has 2 heterocycles. The molecular weight excluding hydrogens is 525 g/mol. The maximum Gasteiger partial charge on any atom is 0.217 e. The van der Waals surface area contributed by atoms with Gasteiger partial charge in [0.15, 0.2) is 5.82 Å². The zero-order chi connectivity index (χ0) is 17.8. The maximum atomic E-state index is 9.97. The Morgan fingerprint density at radius 2 is 1.67 bits per heavy atom. The second-order valence-electron chi connectivity index (χ2n) is 5.26. The topological polar surface area (TPSA) is 93.9 Å². The SMILES string of the molecule is Oc1ccccc1-c1nnnc(-c2[c-]c(Oc3ccccn3)ccc2)n1.[Pt]. The summed E-state index contributed by atoms with van der Waals surface area (Å²) in [4.78, 5) is 8.49. The summed E-state index contributed by atoms with van der Waals surface area (Å²) in [6.45, 7) is 0. The molecule has 0 saturated heterocycles. The van der Waals surface area contributed by atoms with Gasteiger partial charge in [0.1, 0.15) is 11.6 Å². The van der Waals surface area contributed by atoms with Crippen LogP contribution in [0.25, 0.3) is 22.8 Å². The van der Waals surface area contributed by atoms with Gasteiger partial charge in [0.05, 0.1) is 5.56 Å². The van der Waals surface area contributed by atoms with E-state index < -0.39 is 0 Å². The number of nitrogens with zero attached hydrogens (tertiary/aromatic N) is 5. The zero-order valence-corrected chi connectivity index (χ0v) is 16.0. The number of phenolic OH excluding ortho intramolecular Hbond substituents is 1. The zero-order valence-electron chi connectivity index (χ0n) is 13.8. The summed E-state index contributed by atoms with van der Waals surface area (Å²) in [5, 5.41) is 21.6. The summed E-state index contributed by atoms with van der Waals surface area (Å²) in [6.07, 6.45) is 1.65. The van der Waals surface area contributed by atoms with E-state index in [0.717, 1.165) is 0 Å². The van der Waals surface area contributed by atoms with Crippen molar-refractivity contribution in [2.45, 2.75) is 0 Å². The normalized spacial score (nSPS) is 10.1. The molecule has 0 aliphatic rings. The van der Waals surface area contributed by atoms with Crippen molar-refractivity contribution in [2.75, 3.05) is 0 Å². The molecule has 8 heteroatoms. The van der Waals surface area contributed by atoms with Gasteiger partial charge in [-0.25, -0.2) is 4.98 Å². The van der Waals surface area contributed by atoms with Crippen LogP contribution in [0.2, 0.25) is 0 Å². The van der Waals surface area contributed by atoms with Crippen LogP contribution in [0.1, 0.15) is 0 Å². The van der Waals surface area contributed by atoms with E-state index >= 15 is 0 Å². The van der Waals surface area contributed by atoms with E-state index in [2.05, 4.69) is 31.4 Å².